The highest BCUT2D eigenvalue weighted by Crippen LogP contribution is 2.31. The SMILES string of the molecule is NCC1CCCC1CNc1ccc(S(N)(=O)=O)cc1. The first-order chi connectivity index (χ1) is 9.00. The second kappa shape index (κ2) is 5.90. The number of nitrogens with two attached hydrogens (primary N) is 2. The summed E-state index contributed by atoms with van der Waals surface area (Å²) in [5.41, 5.74) is 6.66. The van der Waals surface area contributed by atoms with Crippen molar-refractivity contribution in [3.05, 3.63) is 24.3 Å². The van der Waals surface area contributed by atoms with Crippen molar-refractivity contribution >= 4 is 15.7 Å². The molecule has 5 nitrogen and oxygen atoms in total. The minimum absolute atomic E-state index is 0.138. The van der Waals surface area contributed by atoms with Gasteiger partial charge in [-0.2, -0.15) is 0 Å². The van der Waals surface area contributed by atoms with Crippen LogP contribution >= 0.6 is 0 Å². The normalized spacial score (nSPS) is 23.5. The van der Waals surface area contributed by atoms with Gasteiger partial charge >= 0.3 is 0 Å². The van der Waals surface area contributed by atoms with E-state index in [9.17, 15) is 8.42 Å². The highest BCUT2D eigenvalue weighted by molar-refractivity contribution is 7.89. The molecule has 1 aliphatic rings. The molecular weight excluding hydrogens is 262 g/mol. The Labute approximate surface area is 114 Å². The highest BCUT2D eigenvalue weighted by Gasteiger charge is 2.25. The van der Waals surface area contributed by atoms with Crippen LogP contribution in [0.5, 0.6) is 0 Å². The van der Waals surface area contributed by atoms with Gasteiger partial charge in [-0.25, -0.2) is 13.6 Å². The van der Waals surface area contributed by atoms with Crippen LogP contribution in [0, 0.1) is 11.8 Å². The second-order valence-corrected chi connectivity index (χ2v) is 6.70. The van der Waals surface area contributed by atoms with Gasteiger partial charge in [-0.05, 0) is 55.5 Å². The van der Waals surface area contributed by atoms with Crippen LogP contribution in [0.15, 0.2) is 29.2 Å². The summed E-state index contributed by atoms with van der Waals surface area (Å²) in [5, 5.41) is 8.39. The number of primary sulfonamides is 1. The molecule has 0 bridgehead atoms. The van der Waals surface area contributed by atoms with Crippen LogP contribution in [0.25, 0.3) is 0 Å². The molecule has 0 heterocycles. The van der Waals surface area contributed by atoms with Gasteiger partial charge in [0, 0.05) is 12.2 Å². The summed E-state index contributed by atoms with van der Waals surface area (Å²) in [5.74, 6) is 1.22. The average Bonchev–Trinajstić information content (AvgIpc) is 2.83. The molecule has 1 saturated carbocycles. The maximum absolute atomic E-state index is 11.1. The van der Waals surface area contributed by atoms with Crippen LogP contribution in [0.1, 0.15) is 19.3 Å². The Balaban J connectivity index is 1.93. The van der Waals surface area contributed by atoms with E-state index >= 15 is 0 Å². The molecule has 0 saturated heterocycles. The van der Waals surface area contributed by atoms with Crippen LogP contribution in [0.2, 0.25) is 0 Å². The highest BCUT2D eigenvalue weighted by atomic mass is 32.2. The Hall–Kier alpha value is -1.11. The molecule has 1 aromatic rings. The molecule has 6 heteroatoms. The molecular formula is C13H21N3O2S. The van der Waals surface area contributed by atoms with Crippen molar-refractivity contribution in [3.63, 3.8) is 0 Å². The van der Waals surface area contributed by atoms with Gasteiger partial charge in [-0.15, -0.1) is 0 Å². The predicted molar refractivity (Wildman–Crippen MR) is 76.2 cm³/mol. The molecule has 0 amide bonds. The first-order valence-corrected chi connectivity index (χ1v) is 8.12. The molecule has 106 valence electrons. The number of benzene rings is 1. The van der Waals surface area contributed by atoms with E-state index in [1.54, 1.807) is 12.1 Å². The fraction of sp³-hybridized carbons (Fsp3) is 0.538. The van der Waals surface area contributed by atoms with Gasteiger partial charge in [-0.3, -0.25) is 0 Å². The lowest BCUT2D eigenvalue weighted by atomic mass is 9.96. The standard InChI is InChI=1S/C13H21N3O2S/c14-8-10-2-1-3-11(10)9-16-12-4-6-13(7-5-12)19(15,17)18/h4-7,10-11,16H,1-3,8-9,14H2,(H2,15,17,18). The lowest BCUT2D eigenvalue weighted by molar-refractivity contribution is 0.414. The zero-order valence-corrected chi connectivity index (χ0v) is 11.7. The molecule has 0 aliphatic heterocycles. The largest absolute Gasteiger partial charge is 0.385 e. The van der Waals surface area contributed by atoms with E-state index in [2.05, 4.69) is 5.32 Å². The third kappa shape index (κ3) is 3.68. The zero-order chi connectivity index (χ0) is 13.9. The second-order valence-electron chi connectivity index (χ2n) is 5.14. The minimum atomic E-state index is -3.61. The Morgan fingerprint density at radius 1 is 1.16 bits per heavy atom. The number of anilines is 1. The van der Waals surface area contributed by atoms with E-state index in [0.717, 1.165) is 18.8 Å². The number of rotatable bonds is 5. The first kappa shape index (κ1) is 14.3. The van der Waals surface area contributed by atoms with Gasteiger partial charge in [0.05, 0.1) is 4.90 Å². The summed E-state index contributed by atoms with van der Waals surface area (Å²) in [6.45, 7) is 1.63. The van der Waals surface area contributed by atoms with Gasteiger partial charge in [0.25, 0.3) is 0 Å². The van der Waals surface area contributed by atoms with Crippen molar-refractivity contribution in [2.24, 2.45) is 22.7 Å². The smallest absolute Gasteiger partial charge is 0.238 e. The van der Waals surface area contributed by atoms with Crippen molar-refractivity contribution in [1.29, 1.82) is 0 Å². The van der Waals surface area contributed by atoms with Gasteiger partial charge < -0.3 is 11.1 Å². The molecule has 0 aromatic heterocycles. The van der Waals surface area contributed by atoms with Crippen LogP contribution in [0.4, 0.5) is 5.69 Å². The lowest BCUT2D eigenvalue weighted by Crippen LogP contribution is -2.24. The van der Waals surface area contributed by atoms with Crippen molar-refractivity contribution in [2.45, 2.75) is 24.2 Å². The minimum Gasteiger partial charge on any atom is -0.385 e. The van der Waals surface area contributed by atoms with Crippen molar-refractivity contribution in [2.75, 3.05) is 18.4 Å². The zero-order valence-electron chi connectivity index (χ0n) is 10.9. The van der Waals surface area contributed by atoms with Crippen LogP contribution < -0.4 is 16.2 Å². The van der Waals surface area contributed by atoms with Gasteiger partial charge in [0.15, 0.2) is 0 Å². The maximum Gasteiger partial charge on any atom is 0.238 e. The molecule has 2 unspecified atom stereocenters. The fourth-order valence-electron chi connectivity index (χ4n) is 2.70. The van der Waals surface area contributed by atoms with E-state index in [1.165, 1.54) is 31.4 Å². The van der Waals surface area contributed by atoms with Gasteiger partial charge in [-0.1, -0.05) is 6.42 Å². The molecule has 19 heavy (non-hydrogen) atoms. The summed E-state index contributed by atoms with van der Waals surface area (Å²) in [6.07, 6.45) is 3.68. The quantitative estimate of drug-likeness (QED) is 0.754. The Bertz CT molecular complexity index is 513. The van der Waals surface area contributed by atoms with E-state index < -0.39 is 10.0 Å². The summed E-state index contributed by atoms with van der Waals surface area (Å²) >= 11 is 0. The summed E-state index contributed by atoms with van der Waals surface area (Å²) in [4.78, 5) is 0.138. The molecule has 1 fully saturated rings. The molecule has 1 aliphatic carbocycles. The van der Waals surface area contributed by atoms with Crippen molar-refractivity contribution < 1.29 is 8.42 Å². The topological polar surface area (TPSA) is 98.2 Å². The van der Waals surface area contributed by atoms with Gasteiger partial charge in [0.2, 0.25) is 10.0 Å². The Kier molecular flexibility index (Phi) is 4.44. The van der Waals surface area contributed by atoms with E-state index in [4.69, 9.17) is 10.9 Å². The maximum atomic E-state index is 11.1. The monoisotopic (exact) mass is 283 g/mol. The number of sulfonamides is 1. The van der Waals surface area contributed by atoms with Crippen LogP contribution in [-0.4, -0.2) is 21.5 Å². The average molecular weight is 283 g/mol. The molecule has 2 rings (SSSR count). The van der Waals surface area contributed by atoms with Gasteiger partial charge in [0.1, 0.15) is 0 Å². The summed E-state index contributed by atoms with van der Waals surface area (Å²) in [6, 6.07) is 6.53. The van der Waals surface area contributed by atoms with E-state index in [1.807, 2.05) is 0 Å². The number of hydrogen-bond donors (Lipinski definition) is 3. The van der Waals surface area contributed by atoms with E-state index in [0.29, 0.717) is 11.8 Å². The summed E-state index contributed by atoms with van der Waals surface area (Å²) < 4.78 is 22.3. The lowest BCUT2D eigenvalue weighted by Gasteiger charge is -2.19. The number of hydrogen-bond acceptors (Lipinski definition) is 4. The Morgan fingerprint density at radius 2 is 1.79 bits per heavy atom. The molecule has 5 N–H and O–H groups in total. The third-order valence-corrected chi connectivity index (χ3v) is 4.80. The molecule has 1 aromatic carbocycles. The van der Waals surface area contributed by atoms with Crippen molar-refractivity contribution in [1.82, 2.24) is 0 Å². The predicted octanol–water partition coefficient (Wildman–Crippen LogP) is 1.12. The Morgan fingerprint density at radius 3 is 2.37 bits per heavy atom. The van der Waals surface area contributed by atoms with Crippen LogP contribution in [0.3, 0.4) is 0 Å². The summed E-state index contributed by atoms with van der Waals surface area (Å²) in [7, 11) is -3.61. The first-order valence-electron chi connectivity index (χ1n) is 6.57. The van der Waals surface area contributed by atoms with Crippen molar-refractivity contribution in [3.8, 4) is 0 Å². The van der Waals surface area contributed by atoms with Crippen LogP contribution in [-0.2, 0) is 10.0 Å². The molecule has 2 atom stereocenters. The number of nitrogens with one attached hydrogen (secondary N) is 1. The third-order valence-electron chi connectivity index (χ3n) is 3.87. The fourth-order valence-corrected chi connectivity index (χ4v) is 3.22. The van der Waals surface area contributed by atoms with E-state index in [-0.39, 0.29) is 4.90 Å². The molecule has 0 radical (unpaired) electrons. The molecule has 0 spiro atoms.